The number of aromatic carboxylic acids is 1. The molecule has 0 bridgehead atoms. The molecule has 0 aliphatic rings. The van der Waals surface area contributed by atoms with Gasteiger partial charge in [0.2, 0.25) is 0 Å². The summed E-state index contributed by atoms with van der Waals surface area (Å²) < 4.78 is 0. The number of amides is 1. The number of hydrogen-bond donors (Lipinski definition) is 2. The van der Waals surface area contributed by atoms with Gasteiger partial charge in [0.1, 0.15) is 0 Å². The molecule has 1 aromatic carbocycles. The van der Waals surface area contributed by atoms with Gasteiger partial charge in [-0.1, -0.05) is 6.07 Å². The van der Waals surface area contributed by atoms with Crippen molar-refractivity contribution >= 4 is 11.9 Å². The molecule has 0 saturated heterocycles. The van der Waals surface area contributed by atoms with Crippen molar-refractivity contribution in [2.75, 3.05) is 7.05 Å². The molecule has 19 heavy (non-hydrogen) atoms. The van der Waals surface area contributed by atoms with E-state index in [0.717, 1.165) is 5.69 Å². The van der Waals surface area contributed by atoms with E-state index in [4.69, 9.17) is 5.11 Å². The molecule has 0 unspecified atom stereocenters. The van der Waals surface area contributed by atoms with E-state index in [0.29, 0.717) is 12.1 Å². The van der Waals surface area contributed by atoms with Crippen LogP contribution in [0.15, 0.2) is 42.6 Å². The van der Waals surface area contributed by atoms with Gasteiger partial charge in [0.05, 0.1) is 12.1 Å². The van der Waals surface area contributed by atoms with Crippen LogP contribution < -0.4 is 0 Å². The monoisotopic (exact) mass is 258 g/mol. The lowest BCUT2D eigenvalue weighted by atomic mass is 10.1. The number of hydrogen-bond acceptors (Lipinski definition) is 2. The zero-order chi connectivity index (χ0) is 13.8. The van der Waals surface area contributed by atoms with Gasteiger partial charge < -0.3 is 15.0 Å². The highest BCUT2D eigenvalue weighted by atomic mass is 16.4. The minimum atomic E-state index is -1.04. The van der Waals surface area contributed by atoms with Gasteiger partial charge in [0.15, 0.2) is 0 Å². The van der Waals surface area contributed by atoms with Gasteiger partial charge in [0, 0.05) is 24.5 Å². The van der Waals surface area contributed by atoms with Gasteiger partial charge in [-0.05, 0) is 30.3 Å². The minimum Gasteiger partial charge on any atom is -0.478 e. The van der Waals surface area contributed by atoms with Crippen LogP contribution in [-0.4, -0.2) is 33.9 Å². The number of aromatic nitrogens is 1. The Morgan fingerprint density at radius 1 is 1.21 bits per heavy atom. The van der Waals surface area contributed by atoms with Crippen LogP contribution in [-0.2, 0) is 6.54 Å². The van der Waals surface area contributed by atoms with Crippen LogP contribution in [0.3, 0.4) is 0 Å². The van der Waals surface area contributed by atoms with Crippen molar-refractivity contribution in [1.82, 2.24) is 9.88 Å². The van der Waals surface area contributed by atoms with Crippen LogP contribution >= 0.6 is 0 Å². The molecular weight excluding hydrogens is 244 g/mol. The molecule has 1 amide bonds. The first-order chi connectivity index (χ1) is 9.08. The number of rotatable bonds is 4. The van der Waals surface area contributed by atoms with E-state index in [1.807, 2.05) is 12.1 Å². The molecule has 5 heteroatoms. The van der Waals surface area contributed by atoms with E-state index in [2.05, 4.69) is 4.98 Å². The Labute approximate surface area is 110 Å². The summed E-state index contributed by atoms with van der Waals surface area (Å²) >= 11 is 0. The van der Waals surface area contributed by atoms with Crippen molar-refractivity contribution in [3.8, 4) is 0 Å². The molecule has 2 aromatic rings. The largest absolute Gasteiger partial charge is 0.478 e. The number of carboxylic acid groups (broad SMARTS) is 1. The average Bonchev–Trinajstić information content (AvgIpc) is 2.90. The quantitative estimate of drug-likeness (QED) is 0.880. The Morgan fingerprint density at radius 3 is 2.58 bits per heavy atom. The molecule has 0 aliphatic heterocycles. The Balaban J connectivity index is 2.14. The number of nitrogens with one attached hydrogen (secondary N) is 1. The number of nitrogens with zero attached hydrogens (tertiary/aromatic N) is 1. The lowest BCUT2D eigenvalue weighted by Gasteiger charge is -2.16. The zero-order valence-electron chi connectivity index (χ0n) is 10.5. The number of aromatic amines is 1. The van der Waals surface area contributed by atoms with Crippen LogP contribution in [0.2, 0.25) is 0 Å². The number of H-pyrrole nitrogens is 1. The van der Waals surface area contributed by atoms with Crippen LogP contribution in [0, 0.1) is 0 Å². The molecule has 2 rings (SSSR count). The highest BCUT2D eigenvalue weighted by molar-refractivity contribution is 5.97. The molecule has 98 valence electrons. The average molecular weight is 258 g/mol. The summed E-state index contributed by atoms with van der Waals surface area (Å²) in [5.74, 6) is -1.25. The summed E-state index contributed by atoms with van der Waals surface area (Å²) in [6.45, 7) is 0.448. The van der Waals surface area contributed by atoms with E-state index in [-0.39, 0.29) is 11.5 Å². The summed E-state index contributed by atoms with van der Waals surface area (Å²) in [4.78, 5) is 27.6. The summed E-state index contributed by atoms with van der Waals surface area (Å²) in [7, 11) is 1.68. The van der Waals surface area contributed by atoms with Crippen LogP contribution in [0.5, 0.6) is 0 Å². The fraction of sp³-hybridized carbons (Fsp3) is 0.143. The molecule has 0 aliphatic carbocycles. The summed E-state index contributed by atoms with van der Waals surface area (Å²) in [5.41, 5.74) is 1.40. The van der Waals surface area contributed by atoms with E-state index in [1.54, 1.807) is 25.4 Å². The van der Waals surface area contributed by atoms with Gasteiger partial charge in [-0.15, -0.1) is 0 Å². The fourth-order valence-corrected chi connectivity index (χ4v) is 1.80. The molecule has 1 aromatic heterocycles. The minimum absolute atomic E-state index is 0.110. The Bertz CT molecular complexity index is 590. The Hall–Kier alpha value is -2.56. The lowest BCUT2D eigenvalue weighted by Crippen LogP contribution is -2.26. The van der Waals surface area contributed by atoms with Gasteiger partial charge >= 0.3 is 5.97 Å². The number of carbonyl (C=O) groups excluding carboxylic acids is 1. The highest BCUT2D eigenvalue weighted by Gasteiger charge is 2.14. The number of carboxylic acids is 1. The van der Waals surface area contributed by atoms with Crippen LogP contribution in [0.4, 0.5) is 0 Å². The summed E-state index contributed by atoms with van der Waals surface area (Å²) in [5, 5.41) is 8.91. The predicted molar refractivity (Wildman–Crippen MR) is 70.0 cm³/mol. The lowest BCUT2D eigenvalue weighted by molar-refractivity contribution is 0.0697. The zero-order valence-corrected chi connectivity index (χ0v) is 10.5. The molecule has 0 fully saturated rings. The predicted octanol–water partition coefficient (Wildman–Crippen LogP) is 1.99. The second-order valence-electron chi connectivity index (χ2n) is 4.24. The van der Waals surface area contributed by atoms with Gasteiger partial charge in [0.25, 0.3) is 5.91 Å². The number of benzene rings is 1. The molecule has 1 heterocycles. The van der Waals surface area contributed by atoms with Crippen LogP contribution in [0.25, 0.3) is 0 Å². The summed E-state index contributed by atoms with van der Waals surface area (Å²) in [6, 6.07) is 9.77. The topological polar surface area (TPSA) is 73.4 Å². The SMILES string of the molecule is CN(Cc1ccc[nH]1)C(=O)c1cccc(C(=O)O)c1. The maximum atomic E-state index is 12.2. The summed E-state index contributed by atoms with van der Waals surface area (Å²) in [6.07, 6.45) is 1.79. The normalized spacial score (nSPS) is 10.2. The van der Waals surface area contributed by atoms with Crippen molar-refractivity contribution in [2.24, 2.45) is 0 Å². The third kappa shape index (κ3) is 3.01. The van der Waals surface area contributed by atoms with Gasteiger partial charge in [-0.2, -0.15) is 0 Å². The molecule has 0 radical (unpaired) electrons. The standard InChI is InChI=1S/C14H14N2O3/c1-16(9-12-6-3-7-15-12)13(17)10-4-2-5-11(8-10)14(18)19/h2-8,15H,9H2,1H3,(H,18,19). The smallest absolute Gasteiger partial charge is 0.335 e. The molecule has 2 N–H and O–H groups in total. The first-order valence-electron chi connectivity index (χ1n) is 5.79. The molecule has 0 spiro atoms. The van der Waals surface area contributed by atoms with Gasteiger partial charge in [-0.25, -0.2) is 4.79 Å². The number of carbonyl (C=O) groups is 2. The Kier molecular flexibility index (Phi) is 3.66. The van der Waals surface area contributed by atoms with E-state index >= 15 is 0 Å². The van der Waals surface area contributed by atoms with E-state index in [9.17, 15) is 9.59 Å². The molecular formula is C14H14N2O3. The van der Waals surface area contributed by atoms with Crippen molar-refractivity contribution in [2.45, 2.75) is 6.54 Å². The Morgan fingerprint density at radius 2 is 1.95 bits per heavy atom. The first-order valence-corrected chi connectivity index (χ1v) is 5.79. The van der Waals surface area contributed by atoms with Crippen molar-refractivity contribution < 1.29 is 14.7 Å². The second-order valence-corrected chi connectivity index (χ2v) is 4.24. The highest BCUT2D eigenvalue weighted by Crippen LogP contribution is 2.10. The first kappa shape index (κ1) is 12.9. The van der Waals surface area contributed by atoms with E-state index < -0.39 is 5.97 Å². The molecule has 5 nitrogen and oxygen atoms in total. The third-order valence-corrected chi connectivity index (χ3v) is 2.77. The van der Waals surface area contributed by atoms with Crippen molar-refractivity contribution in [3.63, 3.8) is 0 Å². The maximum Gasteiger partial charge on any atom is 0.335 e. The second kappa shape index (κ2) is 5.39. The molecule has 0 saturated carbocycles. The van der Waals surface area contributed by atoms with Crippen LogP contribution in [0.1, 0.15) is 26.4 Å². The van der Waals surface area contributed by atoms with Crippen molar-refractivity contribution in [1.29, 1.82) is 0 Å². The van der Waals surface area contributed by atoms with Gasteiger partial charge in [-0.3, -0.25) is 4.79 Å². The third-order valence-electron chi connectivity index (χ3n) is 2.77. The molecule has 0 atom stereocenters. The van der Waals surface area contributed by atoms with E-state index in [1.165, 1.54) is 17.0 Å². The maximum absolute atomic E-state index is 12.2. The van der Waals surface area contributed by atoms with Crippen molar-refractivity contribution in [3.05, 3.63) is 59.4 Å². The fourth-order valence-electron chi connectivity index (χ4n) is 1.80.